The Hall–Kier alpha value is -2.03. The molecule has 2 fully saturated rings. The van der Waals surface area contributed by atoms with Crippen molar-refractivity contribution in [2.24, 2.45) is 0 Å². The molecule has 2 N–H and O–H groups in total. The second kappa shape index (κ2) is 8.99. The van der Waals surface area contributed by atoms with Gasteiger partial charge in [-0.05, 0) is 38.8 Å². The van der Waals surface area contributed by atoms with Crippen molar-refractivity contribution in [2.75, 3.05) is 25.0 Å². The van der Waals surface area contributed by atoms with Crippen LogP contribution in [0, 0.1) is 13.8 Å². The summed E-state index contributed by atoms with van der Waals surface area (Å²) in [4.78, 5) is 23.8. The lowest BCUT2D eigenvalue weighted by Crippen LogP contribution is -2.46. The molecular formula is C22H30N4O3S. The van der Waals surface area contributed by atoms with Crippen molar-refractivity contribution in [1.29, 1.82) is 0 Å². The summed E-state index contributed by atoms with van der Waals surface area (Å²) in [5, 5.41) is 16.9. The zero-order chi connectivity index (χ0) is 21.1. The van der Waals surface area contributed by atoms with E-state index in [4.69, 9.17) is 4.74 Å². The van der Waals surface area contributed by atoms with Gasteiger partial charge in [0.1, 0.15) is 6.10 Å². The summed E-state index contributed by atoms with van der Waals surface area (Å²) in [5.41, 5.74) is 2.74. The minimum absolute atomic E-state index is 0.0111. The first-order chi connectivity index (χ1) is 14.4. The topological polar surface area (TPSA) is 87.6 Å². The molecule has 7 nitrogen and oxygen atoms in total. The maximum absolute atomic E-state index is 12.9. The van der Waals surface area contributed by atoms with Gasteiger partial charge in [0, 0.05) is 23.3 Å². The van der Waals surface area contributed by atoms with Gasteiger partial charge < -0.3 is 20.1 Å². The number of nitrogens with one attached hydrogen (secondary N) is 1. The Morgan fingerprint density at radius 2 is 2.07 bits per heavy atom. The molecule has 1 saturated heterocycles. The van der Waals surface area contributed by atoms with E-state index in [2.05, 4.69) is 15.3 Å². The molecule has 162 valence electrons. The van der Waals surface area contributed by atoms with E-state index in [1.165, 1.54) is 0 Å². The molecule has 1 aliphatic carbocycles. The first kappa shape index (κ1) is 21.2. The zero-order valence-electron chi connectivity index (χ0n) is 17.7. The van der Waals surface area contributed by atoms with E-state index in [0.717, 1.165) is 60.0 Å². The quantitative estimate of drug-likeness (QED) is 0.748. The van der Waals surface area contributed by atoms with Crippen LogP contribution in [0.1, 0.15) is 61.7 Å². The average molecular weight is 431 g/mol. The van der Waals surface area contributed by atoms with E-state index in [-0.39, 0.29) is 18.4 Å². The van der Waals surface area contributed by atoms with Gasteiger partial charge in [0.25, 0.3) is 0 Å². The highest BCUT2D eigenvalue weighted by Gasteiger charge is 2.35. The van der Waals surface area contributed by atoms with E-state index in [9.17, 15) is 9.90 Å². The fraction of sp³-hybridized carbons (Fsp3) is 0.591. The maximum Gasteiger partial charge on any atom is 0.225 e. The number of aliphatic hydroxyl groups is 1. The summed E-state index contributed by atoms with van der Waals surface area (Å²) in [6.07, 6.45) is 4.51. The molecule has 0 spiro atoms. The second-order valence-electron chi connectivity index (χ2n) is 8.50. The summed E-state index contributed by atoms with van der Waals surface area (Å²) in [6, 6.07) is 3.95. The predicted molar refractivity (Wildman–Crippen MR) is 117 cm³/mol. The van der Waals surface area contributed by atoms with E-state index >= 15 is 0 Å². The number of hydrogen-bond acceptors (Lipinski definition) is 7. The molecule has 30 heavy (non-hydrogen) atoms. The van der Waals surface area contributed by atoms with E-state index in [1.807, 2.05) is 36.3 Å². The number of morpholine rings is 1. The first-order valence-electron chi connectivity index (χ1n) is 10.7. The predicted octanol–water partition coefficient (Wildman–Crippen LogP) is 3.88. The fourth-order valence-corrected chi connectivity index (χ4v) is 5.01. The summed E-state index contributed by atoms with van der Waals surface area (Å²) in [7, 11) is 0. The number of thiazole rings is 1. The van der Waals surface area contributed by atoms with Gasteiger partial charge in [-0.25, -0.2) is 4.98 Å². The zero-order valence-corrected chi connectivity index (χ0v) is 18.5. The lowest BCUT2D eigenvalue weighted by atomic mass is 9.82. The molecule has 0 radical (unpaired) electrons. The van der Waals surface area contributed by atoms with E-state index in [0.29, 0.717) is 19.7 Å². The highest BCUT2D eigenvalue weighted by Crippen LogP contribution is 2.32. The summed E-state index contributed by atoms with van der Waals surface area (Å²) in [6.45, 7) is 5.41. The SMILES string of the molecule is Cc1cc(Nc2nc(C)cs2)cc([C@@H]2CN(C(=O)CC3(O)CCCCC3)CCO2)n1. The number of anilines is 2. The Labute approximate surface area is 181 Å². The Balaban J connectivity index is 1.44. The highest BCUT2D eigenvalue weighted by atomic mass is 32.1. The molecule has 0 bridgehead atoms. The molecule has 1 atom stereocenters. The largest absolute Gasteiger partial charge is 0.389 e. The van der Waals surface area contributed by atoms with Crippen molar-refractivity contribution in [3.05, 3.63) is 34.6 Å². The minimum Gasteiger partial charge on any atom is -0.389 e. The summed E-state index contributed by atoms with van der Waals surface area (Å²) in [5.74, 6) is 0.0111. The number of amides is 1. The number of carbonyl (C=O) groups is 1. The van der Waals surface area contributed by atoms with Crippen molar-refractivity contribution < 1.29 is 14.6 Å². The van der Waals surface area contributed by atoms with Gasteiger partial charge in [-0.1, -0.05) is 19.3 Å². The van der Waals surface area contributed by atoms with Gasteiger partial charge in [-0.3, -0.25) is 9.78 Å². The highest BCUT2D eigenvalue weighted by molar-refractivity contribution is 7.13. The third-order valence-corrected chi connectivity index (χ3v) is 6.73. The Morgan fingerprint density at radius 3 is 2.80 bits per heavy atom. The number of carbonyl (C=O) groups excluding carboxylic acids is 1. The van der Waals surface area contributed by atoms with Gasteiger partial charge in [-0.15, -0.1) is 11.3 Å². The molecule has 0 unspecified atom stereocenters. The maximum atomic E-state index is 12.9. The van der Waals surface area contributed by atoms with Crippen LogP contribution in [0.25, 0.3) is 0 Å². The van der Waals surface area contributed by atoms with Gasteiger partial charge >= 0.3 is 0 Å². The van der Waals surface area contributed by atoms with Crippen LogP contribution in [0.15, 0.2) is 17.5 Å². The first-order valence-corrected chi connectivity index (χ1v) is 11.6. The van der Waals surface area contributed by atoms with Crippen molar-refractivity contribution in [3.63, 3.8) is 0 Å². The van der Waals surface area contributed by atoms with Crippen LogP contribution in [-0.4, -0.2) is 51.2 Å². The van der Waals surface area contributed by atoms with Gasteiger partial charge in [0.2, 0.25) is 5.91 Å². The van der Waals surface area contributed by atoms with Crippen LogP contribution in [0.4, 0.5) is 10.8 Å². The minimum atomic E-state index is -0.840. The number of ether oxygens (including phenoxy) is 1. The summed E-state index contributed by atoms with van der Waals surface area (Å²) >= 11 is 1.56. The van der Waals surface area contributed by atoms with Crippen LogP contribution < -0.4 is 5.32 Å². The molecule has 8 heteroatoms. The molecule has 2 aromatic rings. The molecule has 2 aromatic heterocycles. The van der Waals surface area contributed by atoms with Crippen LogP contribution in [0.3, 0.4) is 0 Å². The van der Waals surface area contributed by atoms with Crippen LogP contribution >= 0.6 is 11.3 Å². The number of pyridine rings is 1. The Kier molecular flexibility index (Phi) is 6.36. The third-order valence-electron chi connectivity index (χ3n) is 5.86. The Bertz CT molecular complexity index is 894. The van der Waals surface area contributed by atoms with Crippen molar-refractivity contribution in [1.82, 2.24) is 14.9 Å². The molecular weight excluding hydrogens is 400 g/mol. The lowest BCUT2D eigenvalue weighted by Gasteiger charge is -2.37. The Morgan fingerprint density at radius 1 is 1.27 bits per heavy atom. The van der Waals surface area contributed by atoms with Crippen LogP contribution in [-0.2, 0) is 9.53 Å². The number of aryl methyl sites for hydroxylation is 2. The van der Waals surface area contributed by atoms with Crippen molar-refractivity contribution in [2.45, 2.75) is 64.1 Å². The number of aromatic nitrogens is 2. The van der Waals surface area contributed by atoms with E-state index in [1.54, 1.807) is 11.3 Å². The van der Waals surface area contributed by atoms with Crippen LogP contribution in [0.2, 0.25) is 0 Å². The molecule has 3 heterocycles. The number of hydrogen-bond donors (Lipinski definition) is 2. The van der Waals surface area contributed by atoms with Crippen molar-refractivity contribution >= 4 is 28.1 Å². The number of rotatable bonds is 5. The second-order valence-corrected chi connectivity index (χ2v) is 9.36. The molecule has 1 aliphatic heterocycles. The van der Waals surface area contributed by atoms with Crippen LogP contribution in [0.5, 0.6) is 0 Å². The monoisotopic (exact) mass is 430 g/mol. The van der Waals surface area contributed by atoms with Gasteiger partial charge in [0.05, 0.1) is 36.6 Å². The lowest BCUT2D eigenvalue weighted by molar-refractivity contribution is -0.145. The van der Waals surface area contributed by atoms with E-state index < -0.39 is 5.60 Å². The summed E-state index contributed by atoms with van der Waals surface area (Å²) < 4.78 is 5.96. The van der Waals surface area contributed by atoms with Gasteiger partial charge in [-0.2, -0.15) is 0 Å². The molecule has 1 amide bonds. The number of nitrogens with zero attached hydrogens (tertiary/aromatic N) is 3. The smallest absolute Gasteiger partial charge is 0.225 e. The molecule has 0 aromatic carbocycles. The molecule has 1 saturated carbocycles. The fourth-order valence-electron chi connectivity index (χ4n) is 4.30. The van der Waals surface area contributed by atoms with Gasteiger partial charge in [0.15, 0.2) is 5.13 Å². The third kappa shape index (κ3) is 5.17. The standard InChI is InChI=1S/C22H30N4O3S/c1-15-10-17(25-21-24-16(2)14-30-21)11-18(23-15)19-13-26(8-9-29-19)20(27)12-22(28)6-4-3-5-7-22/h10-11,14,19,28H,3-9,12-13H2,1-2H3,(H,23,24,25)/t19-/m0/s1. The van der Waals surface area contributed by atoms with Crippen molar-refractivity contribution in [3.8, 4) is 0 Å². The average Bonchev–Trinajstić information content (AvgIpc) is 3.12. The molecule has 2 aliphatic rings. The molecule has 4 rings (SSSR count). The normalized spacial score (nSPS) is 21.4.